The summed E-state index contributed by atoms with van der Waals surface area (Å²) in [5.41, 5.74) is 5.78. The van der Waals surface area contributed by atoms with Crippen molar-refractivity contribution in [2.24, 2.45) is 5.73 Å². The molecule has 19 heavy (non-hydrogen) atoms. The van der Waals surface area contributed by atoms with Gasteiger partial charge < -0.3 is 15.6 Å². The minimum absolute atomic E-state index is 0.0589. The Kier molecular flexibility index (Phi) is 3.52. The van der Waals surface area contributed by atoms with E-state index >= 15 is 0 Å². The van der Waals surface area contributed by atoms with Crippen LogP contribution >= 0.6 is 11.6 Å². The zero-order chi connectivity index (χ0) is 14.0. The molecule has 0 aliphatic heterocycles. The highest BCUT2D eigenvalue weighted by Crippen LogP contribution is 2.29. The zero-order valence-electron chi connectivity index (χ0n) is 9.59. The lowest BCUT2D eigenvalue weighted by Crippen LogP contribution is -2.16. The van der Waals surface area contributed by atoms with Crippen molar-refractivity contribution in [3.05, 3.63) is 35.0 Å². The van der Waals surface area contributed by atoms with Crippen molar-refractivity contribution >= 4 is 34.4 Å². The molecule has 2 rings (SSSR count). The van der Waals surface area contributed by atoms with E-state index in [1.54, 1.807) is 6.07 Å². The number of halogens is 1. The quantitative estimate of drug-likeness (QED) is 0.882. The Morgan fingerprint density at radius 2 is 2.16 bits per heavy atom. The molecular weight excluding hydrogens is 272 g/mol. The number of aliphatic carboxylic acids is 1. The minimum Gasteiger partial charge on any atom is -0.481 e. The van der Waals surface area contributed by atoms with Crippen LogP contribution in [-0.2, 0) is 4.79 Å². The Morgan fingerprint density at radius 3 is 2.79 bits per heavy atom. The summed E-state index contributed by atoms with van der Waals surface area (Å²) in [6.07, 6.45) is 1.50. The maximum Gasteiger partial charge on any atom is 0.341 e. The van der Waals surface area contributed by atoms with Crippen LogP contribution in [0.25, 0.3) is 10.9 Å². The number of nitrogens with zero attached hydrogens (tertiary/aromatic N) is 1. The van der Waals surface area contributed by atoms with Gasteiger partial charge in [0.1, 0.15) is 5.75 Å². The Balaban J connectivity index is 2.57. The number of amides is 1. The first-order chi connectivity index (χ1) is 8.99. The highest BCUT2D eigenvalue weighted by Gasteiger charge is 2.14. The van der Waals surface area contributed by atoms with Crippen LogP contribution in [0.3, 0.4) is 0 Å². The van der Waals surface area contributed by atoms with E-state index in [0.717, 1.165) is 0 Å². The average molecular weight is 281 g/mol. The number of hydrogen-bond acceptors (Lipinski definition) is 4. The van der Waals surface area contributed by atoms with E-state index in [9.17, 15) is 9.59 Å². The highest BCUT2D eigenvalue weighted by atomic mass is 35.5. The fraction of sp³-hybridized carbons (Fsp3) is 0.0833. The summed E-state index contributed by atoms with van der Waals surface area (Å²) in [4.78, 5) is 25.9. The largest absolute Gasteiger partial charge is 0.481 e. The molecule has 0 atom stereocenters. The summed E-state index contributed by atoms with van der Waals surface area (Å²) in [7, 11) is 0. The summed E-state index contributed by atoms with van der Waals surface area (Å²) in [5, 5.41) is 9.54. The van der Waals surface area contributed by atoms with Crippen LogP contribution in [0.4, 0.5) is 0 Å². The first-order valence-electron chi connectivity index (χ1n) is 5.21. The molecule has 2 aromatic rings. The topological polar surface area (TPSA) is 103 Å². The summed E-state index contributed by atoms with van der Waals surface area (Å²) >= 11 is 5.99. The van der Waals surface area contributed by atoms with Gasteiger partial charge in [0.2, 0.25) is 0 Å². The van der Waals surface area contributed by atoms with Crippen molar-refractivity contribution < 1.29 is 19.4 Å². The molecule has 1 aromatic carbocycles. The summed E-state index contributed by atoms with van der Waals surface area (Å²) < 4.78 is 5.02. The maximum atomic E-state index is 11.4. The van der Waals surface area contributed by atoms with Gasteiger partial charge in [-0.3, -0.25) is 9.78 Å². The van der Waals surface area contributed by atoms with Crippen LogP contribution < -0.4 is 10.5 Å². The number of carboxylic acids is 1. The number of nitrogens with two attached hydrogens (primary N) is 1. The molecule has 7 heteroatoms. The molecule has 0 aliphatic carbocycles. The van der Waals surface area contributed by atoms with Gasteiger partial charge in [-0.1, -0.05) is 11.6 Å². The van der Waals surface area contributed by atoms with Crippen LogP contribution in [0, 0.1) is 0 Å². The molecule has 3 N–H and O–H groups in total. The lowest BCUT2D eigenvalue weighted by atomic mass is 10.1. The van der Waals surface area contributed by atoms with Crippen molar-refractivity contribution in [2.75, 3.05) is 6.61 Å². The number of carboxylic acid groups (broad SMARTS) is 1. The van der Waals surface area contributed by atoms with E-state index in [2.05, 4.69) is 4.98 Å². The molecule has 0 spiro atoms. The van der Waals surface area contributed by atoms with E-state index in [0.29, 0.717) is 15.9 Å². The lowest BCUT2D eigenvalue weighted by molar-refractivity contribution is -0.139. The number of pyridine rings is 1. The smallest absolute Gasteiger partial charge is 0.341 e. The number of aromatic nitrogens is 1. The van der Waals surface area contributed by atoms with E-state index in [1.807, 2.05) is 0 Å². The first-order valence-corrected chi connectivity index (χ1v) is 5.59. The van der Waals surface area contributed by atoms with Gasteiger partial charge >= 0.3 is 5.97 Å². The second-order valence-electron chi connectivity index (χ2n) is 3.70. The van der Waals surface area contributed by atoms with Crippen LogP contribution in [0.2, 0.25) is 5.02 Å². The van der Waals surface area contributed by atoms with Crippen LogP contribution in [0.15, 0.2) is 24.4 Å². The van der Waals surface area contributed by atoms with Gasteiger partial charge in [-0.05, 0) is 12.1 Å². The number of benzene rings is 1. The SMILES string of the molecule is NC(=O)c1cc2c(Cl)ccnc2cc1OCC(=O)O. The molecule has 1 amide bonds. The minimum atomic E-state index is -1.16. The number of carbonyl (C=O) groups excluding carboxylic acids is 1. The van der Waals surface area contributed by atoms with Crippen LogP contribution in [0.5, 0.6) is 5.75 Å². The van der Waals surface area contributed by atoms with Gasteiger partial charge in [0.05, 0.1) is 16.1 Å². The van der Waals surface area contributed by atoms with E-state index in [-0.39, 0.29) is 11.3 Å². The number of rotatable bonds is 4. The molecular formula is C12H9ClN2O4. The third-order valence-corrected chi connectivity index (χ3v) is 2.74. The van der Waals surface area contributed by atoms with E-state index < -0.39 is 18.5 Å². The van der Waals surface area contributed by atoms with Crippen molar-refractivity contribution in [3.63, 3.8) is 0 Å². The number of carbonyl (C=O) groups is 2. The van der Waals surface area contributed by atoms with Crippen molar-refractivity contribution in [1.82, 2.24) is 4.98 Å². The average Bonchev–Trinajstić information content (AvgIpc) is 2.35. The number of fused-ring (bicyclic) bond motifs is 1. The summed E-state index contributed by atoms with van der Waals surface area (Å²) in [6.45, 7) is -0.577. The molecule has 1 heterocycles. The van der Waals surface area contributed by atoms with Gasteiger partial charge in [-0.25, -0.2) is 4.79 Å². The van der Waals surface area contributed by atoms with Gasteiger partial charge in [0, 0.05) is 17.6 Å². The summed E-state index contributed by atoms with van der Waals surface area (Å²) in [6, 6.07) is 4.45. The fourth-order valence-corrected chi connectivity index (χ4v) is 1.80. The number of primary amides is 1. The van der Waals surface area contributed by atoms with Crippen LogP contribution in [0.1, 0.15) is 10.4 Å². The molecule has 0 aliphatic rings. The molecule has 0 saturated carbocycles. The molecule has 0 fully saturated rings. The van der Waals surface area contributed by atoms with Gasteiger partial charge in [0.25, 0.3) is 5.91 Å². The molecule has 6 nitrogen and oxygen atoms in total. The predicted molar refractivity (Wildman–Crippen MR) is 68.4 cm³/mol. The number of hydrogen-bond donors (Lipinski definition) is 2. The zero-order valence-corrected chi connectivity index (χ0v) is 10.3. The first kappa shape index (κ1) is 13.1. The normalized spacial score (nSPS) is 10.4. The lowest BCUT2D eigenvalue weighted by Gasteiger charge is -2.09. The molecule has 0 saturated heterocycles. The van der Waals surface area contributed by atoms with Crippen molar-refractivity contribution in [2.45, 2.75) is 0 Å². The second kappa shape index (κ2) is 5.11. The molecule has 1 aromatic heterocycles. The molecule has 0 radical (unpaired) electrons. The Bertz CT molecular complexity index is 672. The summed E-state index contributed by atoms with van der Waals surface area (Å²) in [5.74, 6) is -1.83. The van der Waals surface area contributed by atoms with Gasteiger partial charge in [0.15, 0.2) is 6.61 Å². The van der Waals surface area contributed by atoms with Gasteiger partial charge in [-0.15, -0.1) is 0 Å². The molecule has 0 bridgehead atoms. The third-order valence-electron chi connectivity index (χ3n) is 2.41. The Morgan fingerprint density at radius 1 is 1.42 bits per heavy atom. The third kappa shape index (κ3) is 2.74. The highest BCUT2D eigenvalue weighted by molar-refractivity contribution is 6.35. The number of ether oxygens (including phenoxy) is 1. The van der Waals surface area contributed by atoms with E-state index in [4.69, 9.17) is 27.2 Å². The van der Waals surface area contributed by atoms with Crippen molar-refractivity contribution in [1.29, 1.82) is 0 Å². The maximum absolute atomic E-state index is 11.4. The van der Waals surface area contributed by atoms with Crippen LogP contribution in [-0.4, -0.2) is 28.6 Å². The Labute approximate surface area is 112 Å². The van der Waals surface area contributed by atoms with Crippen molar-refractivity contribution in [3.8, 4) is 5.75 Å². The standard InChI is InChI=1S/C12H9ClN2O4/c13-8-1-2-15-9-4-10(19-5-11(16)17)7(12(14)18)3-6(8)9/h1-4H,5H2,(H2,14,18)(H,16,17). The Hall–Kier alpha value is -2.34. The molecule has 98 valence electrons. The monoisotopic (exact) mass is 280 g/mol. The second-order valence-corrected chi connectivity index (χ2v) is 4.11. The molecule has 0 unspecified atom stereocenters. The van der Waals surface area contributed by atoms with Gasteiger partial charge in [-0.2, -0.15) is 0 Å². The fourth-order valence-electron chi connectivity index (χ4n) is 1.59. The van der Waals surface area contributed by atoms with E-state index in [1.165, 1.54) is 18.3 Å². The predicted octanol–water partition coefficient (Wildman–Crippen LogP) is 1.45.